The lowest BCUT2D eigenvalue weighted by atomic mass is 9.96. The molecule has 1 aromatic rings. The highest BCUT2D eigenvalue weighted by atomic mass is 35.5. The van der Waals surface area contributed by atoms with Gasteiger partial charge in [-0.1, -0.05) is 35.9 Å². The molecule has 1 aromatic carbocycles. The van der Waals surface area contributed by atoms with Gasteiger partial charge in [-0.05, 0) is 24.1 Å². The third-order valence-electron chi connectivity index (χ3n) is 2.00. The van der Waals surface area contributed by atoms with Crippen molar-refractivity contribution in [3.63, 3.8) is 0 Å². The van der Waals surface area contributed by atoms with Gasteiger partial charge < -0.3 is 0 Å². The molecule has 1 atom stereocenters. The zero-order chi connectivity index (χ0) is 9.68. The zero-order valence-electron chi connectivity index (χ0n) is 7.54. The summed E-state index contributed by atoms with van der Waals surface area (Å²) in [5.41, 5.74) is 1.24. The lowest BCUT2D eigenvalue weighted by Gasteiger charge is -2.09. The molecule has 13 heavy (non-hydrogen) atoms. The van der Waals surface area contributed by atoms with Crippen molar-refractivity contribution in [2.75, 3.05) is 0 Å². The van der Waals surface area contributed by atoms with Gasteiger partial charge in [0.2, 0.25) is 0 Å². The average molecular weight is 193 g/mol. The van der Waals surface area contributed by atoms with Crippen molar-refractivity contribution in [3.8, 4) is 0 Å². The fourth-order valence-corrected chi connectivity index (χ4v) is 1.38. The average Bonchev–Trinajstić information content (AvgIpc) is 2.16. The Kier molecular flexibility index (Phi) is 3.78. The first-order chi connectivity index (χ1) is 6.27. The van der Waals surface area contributed by atoms with E-state index in [1.807, 2.05) is 36.4 Å². The lowest BCUT2D eigenvalue weighted by molar-refractivity contribution is 0.868. The number of rotatable bonds is 4. The normalized spacial score (nSPS) is 12.1. The van der Waals surface area contributed by atoms with Crippen LogP contribution in [-0.4, -0.2) is 0 Å². The minimum atomic E-state index is 0.356. The Balaban J connectivity index is 2.84. The van der Waals surface area contributed by atoms with E-state index < -0.39 is 0 Å². The van der Waals surface area contributed by atoms with Crippen molar-refractivity contribution in [2.45, 2.75) is 12.3 Å². The number of hydrogen-bond acceptors (Lipinski definition) is 0. The van der Waals surface area contributed by atoms with E-state index in [0.29, 0.717) is 5.92 Å². The highest BCUT2D eigenvalue weighted by Crippen LogP contribution is 2.22. The molecule has 0 heterocycles. The van der Waals surface area contributed by atoms with Crippen LogP contribution in [0.15, 0.2) is 49.6 Å². The fraction of sp³-hybridized carbons (Fsp3) is 0.167. The second kappa shape index (κ2) is 4.88. The van der Waals surface area contributed by atoms with Crippen LogP contribution in [0.5, 0.6) is 0 Å². The minimum Gasteiger partial charge on any atom is -0.103 e. The molecule has 1 rings (SSSR count). The second-order valence-corrected chi connectivity index (χ2v) is 3.35. The Morgan fingerprint density at radius 3 is 2.31 bits per heavy atom. The summed E-state index contributed by atoms with van der Waals surface area (Å²) in [7, 11) is 0. The quantitative estimate of drug-likeness (QED) is 0.628. The van der Waals surface area contributed by atoms with E-state index in [-0.39, 0.29) is 0 Å². The summed E-state index contributed by atoms with van der Waals surface area (Å²) in [6.07, 6.45) is 4.76. The molecule has 0 unspecified atom stereocenters. The topological polar surface area (TPSA) is 0 Å². The van der Waals surface area contributed by atoms with E-state index >= 15 is 0 Å². The second-order valence-electron chi connectivity index (χ2n) is 2.92. The van der Waals surface area contributed by atoms with E-state index in [0.717, 1.165) is 11.4 Å². The van der Waals surface area contributed by atoms with Crippen LogP contribution in [0.1, 0.15) is 17.9 Å². The molecule has 0 N–H and O–H groups in total. The highest BCUT2D eigenvalue weighted by molar-refractivity contribution is 6.30. The van der Waals surface area contributed by atoms with Crippen molar-refractivity contribution < 1.29 is 0 Å². The van der Waals surface area contributed by atoms with Crippen LogP contribution in [0.25, 0.3) is 0 Å². The summed E-state index contributed by atoms with van der Waals surface area (Å²) < 4.78 is 0. The first kappa shape index (κ1) is 10.1. The first-order valence-corrected chi connectivity index (χ1v) is 4.64. The third kappa shape index (κ3) is 2.74. The summed E-state index contributed by atoms with van der Waals surface area (Å²) in [5, 5.41) is 0.769. The van der Waals surface area contributed by atoms with Gasteiger partial charge in [0, 0.05) is 10.9 Å². The van der Waals surface area contributed by atoms with E-state index in [1.165, 1.54) is 5.56 Å². The minimum absolute atomic E-state index is 0.356. The predicted octanol–water partition coefficient (Wildman–Crippen LogP) is 4.19. The molecule has 0 saturated carbocycles. The van der Waals surface area contributed by atoms with E-state index in [9.17, 15) is 0 Å². The van der Waals surface area contributed by atoms with Gasteiger partial charge in [0.15, 0.2) is 0 Å². The molecule has 0 aliphatic heterocycles. The summed E-state index contributed by atoms with van der Waals surface area (Å²) in [6, 6.07) is 7.85. The van der Waals surface area contributed by atoms with Gasteiger partial charge in [0.1, 0.15) is 0 Å². The molecule has 0 nitrogen and oxygen atoms in total. The van der Waals surface area contributed by atoms with E-state index in [2.05, 4.69) is 13.2 Å². The number of allylic oxidation sites excluding steroid dienone is 2. The Labute approximate surface area is 84.5 Å². The largest absolute Gasteiger partial charge is 0.103 e. The zero-order valence-corrected chi connectivity index (χ0v) is 8.30. The van der Waals surface area contributed by atoms with Crippen molar-refractivity contribution in [1.82, 2.24) is 0 Å². The molecule has 0 aliphatic rings. The third-order valence-corrected chi connectivity index (χ3v) is 2.26. The van der Waals surface area contributed by atoms with Crippen molar-refractivity contribution in [2.24, 2.45) is 0 Å². The summed E-state index contributed by atoms with van der Waals surface area (Å²) in [6.45, 7) is 7.52. The number of halogens is 1. The molecule has 0 spiro atoms. The maximum absolute atomic E-state index is 5.79. The van der Waals surface area contributed by atoms with Gasteiger partial charge in [0.25, 0.3) is 0 Å². The SMILES string of the molecule is C=CC[C@H](C=C)c1ccc(Cl)cc1. The van der Waals surface area contributed by atoms with Gasteiger partial charge in [-0.3, -0.25) is 0 Å². The Bertz CT molecular complexity index is 284. The monoisotopic (exact) mass is 192 g/mol. The Hall–Kier alpha value is -1.01. The molecular formula is C12H13Cl. The van der Waals surface area contributed by atoms with Crippen molar-refractivity contribution >= 4 is 11.6 Å². The molecule has 0 aliphatic carbocycles. The molecule has 0 bridgehead atoms. The predicted molar refractivity (Wildman–Crippen MR) is 59.2 cm³/mol. The van der Waals surface area contributed by atoms with Gasteiger partial charge in [-0.15, -0.1) is 13.2 Å². The van der Waals surface area contributed by atoms with Crippen LogP contribution in [0.4, 0.5) is 0 Å². The molecule has 68 valence electrons. The molecule has 0 fully saturated rings. The van der Waals surface area contributed by atoms with Crippen LogP contribution in [0.3, 0.4) is 0 Å². The molecular weight excluding hydrogens is 180 g/mol. The maximum atomic E-state index is 5.79. The van der Waals surface area contributed by atoms with Crippen LogP contribution in [0.2, 0.25) is 5.02 Å². The van der Waals surface area contributed by atoms with Gasteiger partial charge in [-0.2, -0.15) is 0 Å². The molecule has 0 radical (unpaired) electrons. The van der Waals surface area contributed by atoms with Crippen LogP contribution in [-0.2, 0) is 0 Å². The van der Waals surface area contributed by atoms with Gasteiger partial charge >= 0.3 is 0 Å². The first-order valence-electron chi connectivity index (χ1n) is 4.27. The van der Waals surface area contributed by atoms with Crippen molar-refractivity contribution in [3.05, 3.63) is 60.2 Å². The lowest BCUT2D eigenvalue weighted by Crippen LogP contribution is -1.92. The smallest absolute Gasteiger partial charge is 0.0406 e. The van der Waals surface area contributed by atoms with Crippen LogP contribution >= 0.6 is 11.6 Å². The van der Waals surface area contributed by atoms with E-state index in [4.69, 9.17) is 11.6 Å². The molecule has 0 amide bonds. The fourth-order valence-electron chi connectivity index (χ4n) is 1.26. The Morgan fingerprint density at radius 1 is 1.23 bits per heavy atom. The summed E-state index contributed by atoms with van der Waals surface area (Å²) in [4.78, 5) is 0. The molecule has 0 saturated heterocycles. The van der Waals surface area contributed by atoms with Crippen LogP contribution < -0.4 is 0 Å². The summed E-state index contributed by atoms with van der Waals surface area (Å²) in [5.74, 6) is 0.356. The van der Waals surface area contributed by atoms with E-state index in [1.54, 1.807) is 0 Å². The number of hydrogen-bond donors (Lipinski definition) is 0. The van der Waals surface area contributed by atoms with Crippen molar-refractivity contribution in [1.29, 1.82) is 0 Å². The highest BCUT2D eigenvalue weighted by Gasteiger charge is 2.04. The molecule has 1 heteroatoms. The maximum Gasteiger partial charge on any atom is 0.0406 e. The van der Waals surface area contributed by atoms with Crippen LogP contribution in [0, 0.1) is 0 Å². The molecule has 0 aromatic heterocycles. The Morgan fingerprint density at radius 2 is 1.85 bits per heavy atom. The summed E-state index contributed by atoms with van der Waals surface area (Å²) >= 11 is 5.79. The van der Waals surface area contributed by atoms with Gasteiger partial charge in [0.05, 0.1) is 0 Å². The standard InChI is InChI=1S/C12H13Cl/c1-3-5-10(4-2)11-6-8-12(13)9-7-11/h3-4,6-10H,1-2,5H2/t10-/m0/s1. The van der Waals surface area contributed by atoms with Gasteiger partial charge in [-0.25, -0.2) is 0 Å². The number of benzene rings is 1.